The van der Waals surface area contributed by atoms with Gasteiger partial charge in [0.05, 0.1) is 26.4 Å². The van der Waals surface area contributed by atoms with Crippen molar-refractivity contribution in [3.05, 3.63) is 60.2 Å². The third-order valence-corrected chi connectivity index (χ3v) is 2.80. The average Bonchev–Trinajstić information content (AvgIpc) is 2.43. The van der Waals surface area contributed by atoms with Crippen LogP contribution >= 0.6 is 0 Å². The van der Waals surface area contributed by atoms with Gasteiger partial charge < -0.3 is 0 Å². The molecule has 0 radical (unpaired) electrons. The Morgan fingerprint density at radius 2 is 1.57 bits per heavy atom. The number of rotatable bonds is 4. The summed E-state index contributed by atoms with van der Waals surface area (Å²) in [5.74, 6) is 0. The van der Waals surface area contributed by atoms with Gasteiger partial charge in [-0.05, 0) is 6.07 Å². The molecule has 10 heteroatoms. The Bertz CT molecular complexity index is 815. The summed E-state index contributed by atoms with van der Waals surface area (Å²) >= 11 is 0. The summed E-state index contributed by atoms with van der Waals surface area (Å²) in [5.41, 5.74) is -2.45. The number of nitrogens with zero attached hydrogens (tertiary/aromatic N) is 3. The fourth-order valence-electron chi connectivity index (χ4n) is 1.97. The number of hydrogen-bond acceptors (Lipinski definition) is 7. The molecule has 10 nitrogen and oxygen atoms in total. The molecular formula is C11H5N3O7. The van der Waals surface area contributed by atoms with Gasteiger partial charge in [-0.25, -0.2) is 0 Å². The molecule has 0 N–H and O–H groups in total. The predicted octanol–water partition coefficient (Wildman–Crippen LogP) is 2.38. The van der Waals surface area contributed by atoms with Crippen molar-refractivity contribution in [2.24, 2.45) is 0 Å². The van der Waals surface area contributed by atoms with E-state index in [1.807, 2.05) is 0 Å². The van der Waals surface area contributed by atoms with E-state index in [9.17, 15) is 35.1 Å². The minimum Gasteiger partial charge on any atom is -0.298 e. The molecule has 0 aliphatic heterocycles. The highest BCUT2D eigenvalue weighted by Gasteiger charge is 2.28. The molecular weight excluding hydrogens is 286 g/mol. The Hall–Kier alpha value is -3.43. The number of aldehydes is 1. The first-order valence-electron chi connectivity index (χ1n) is 5.36. The quantitative estimate of drug-likeness (QED) is 0.477. The summed E-state index contributed by atoms with van der Waals surface area (Å²) in [6.45, 7) is 0. The number of fused-ring (bicyclic) bond motifs is 1. The summed E-state index contributed by atoms with van der Waals surface area (Å²) in [4.78, 5) is 41.0. The zero-order valence-electron chi connectivity index (χ0n) is 10.1. The smallest absolute Gasteiger partial charge is 0.294 e. The van der Waals surface area contributed by atoms with Crippen molar-refractivity contribution >= 4 is 34.1 Å². The molecule has 0 aliphatic rings. The van der Waals surface area contributed by atoms with Gasteiger partial charge in [0.1, 0.15) is 5.39 Å². The number of benzene rings is 2. The Kier molecular flexibility index (Phi) is 3.28. The number of nitro benzene ring substituents is 3. The second-order valence-electron chi connectivity index (χ2n) is 3.96. The number of carbonyl (C=O) groups is 1. The van der Waals surface area contributed by atoms with Gasteiger partial charge >= 0.3 is 0 Å². The minimum atomic E-state index is -0.961. The summed E-state index contributed by atoms with van der Waals surface area (Å²) in [6.07, 6.45) is 0.197. The second-order valence-corrected chi connectivity index (χ2v) is 3.96. The van der Waals surface area contributed by atoms with Crippen molar-refractivity contribution < 1.29 is 19.6 Å². The van der Waals surface area contributed by atoms with Gasteiger partial charge in [0, 0.05) is 11.5 Å². The lowest BCUT2D eigenvalue weighted by molar-refractivity contribution is -0.395. The zero-order valence-corrected chi connectivity index (χ0v) is 10.1. The molecule has 0 atom stereocenters. The van der Waals surface area contributed by atoms with Crippen molar-refractivity contribution in [2.75, 3.05) is 0 Å². The first-order valence-corrected chi connectivity index (χ1v) is 5.36. The highest BCUT2D eigenvalue weighted by molar-refractivity contribution is 6.05. The van der Waals surface area contributed by atoms with E-state index in [4.69, 9.17) is 0 Å². The molecule has 0 saturated carbocycles. The van der Waals surface area contributed by atoms with Gasteiger partial charge in [0.2, 0.25) is 0 Å². The van der Waals surface area contributed by atoms with E-state index in [0.29, 0.717) is 6.07 Å². The van der Waals surface area contributed by atoms with Gasteiger partial charge in [-0.3, -0.25) is 35.1 Å². The number of non-ortho nitro benzene ring substituents is 2. The van der Waals surface area contributed by atoms with E-state index < -0.39 is 37.2 Å². The van der Waals surface area contributed by atoms with Gasteiger partial charge in [-0.2, -0.15) is 0 Å². The molecule has 0 fully saturated rings. The Morgan fingerprint density at radius 3 is 2.05 bits per heavy atom. The summed E-state index contributed by atoms with van der Waals surface area (Å²) in [6, 6.07) is 3.88. The third-order valence-electron chi connectivity index (χ3n) is 2.80. The topological polar surface area (TPSA) is 146 Å². The van der Waals surface area contributed by atoms with Gasteiger partial charge in [-0.1, -0.05) is 6.07 Å². The molecule has 2 aromatic carbocycles. The van der Waals surface area contributed by atoms with E-state index in [2.05, 4.69) is 0 Å². The normalized spacial score (nSPS) is 10.3. The van der Waals surface area contributed by atoms with Crippen LogP contribution in [0.15, 0.2) is 24.3 Å². The van der Waals surface area contributed by atoms with E-state index in [0.717, 1.165) is 12.1 Å². The second kappa shape index (κ2) is 4.92. The largest absolute Gasteiger partial charge is 0.298 e. The molecule has 21 heavy (non-hydrogen) atoms. The molecule has 106 valence electrons. The van der Waals surface area contributed by atoms with Crippen LogP contribution in [0.5, 0.6) is 0 Å². The van der Waals surface area contributed by atoms with E-state index in [1.54, 1.807) is 0 Å². The average molecular weight is 291 g/mol. The number of hydrogen-bond donors (Lipinski definition) is 0. The molecule has 0 bridgehead atoms. The van der Waals surface area contributed by atoms with Crippen LogP contribution in [0, 0.1) is 30.3 Å². The summed E-state index contributed by atoms with van der Waals surface area (Å²) in [5, 5.41) is 32.4. The molecule has 0 amide bonds. The lowest BCUT2D eigenvalue weighted by Gasteiger charge is -2.03. The third kappa shape index (κ3) is 2.25. The highest BCUT2D eigenvalue weighted by atomic mass is 16.6. The molecule has 0 aliphatic carbocycles. The molecule has 0 saturated heterocycles. The lowest BCUT2D eigenvalue weighted by atomic mass is 10.0. The first kappa shape index (κ1) is 14.0. The standard InChI is InChI=1S/C11H5N3O7/c15-5-7-2-1-6-3-8(12(16)17)4-9(13(18)19)10(6)11(7)14(20)21/h1-5H. The fourth-order valence-corrected chi connectivity index (χ4v) is 1.97. The van der Waals surface area contributed by atoms with Crippen LogP contribution in [0.2, 0.25) is 0 Å². The van der Waals surface area contributed by atoms with Crippen LogP contribution < -0.4 is 0 Å². The molecule has 0 spiro atoms. The maximum Gasteiger partial charge on any atom is 0.294 e. The Balaban J connectivity index is 3.05. The van der Waals surface area contributed by atoms with Crippen molar-refractivity contribution in [1.82, 2.24) is 0 Å². The van der Waals surface area contributed by atoms with Crippen LogP contribution in [0.4, 0.5) is 17.1 Å². The van der Waals surface area contributed by atoms with Crippen LogP contribution in [-0.2, 0) is 0 Å². The zero-order chi connectivity index (χ0) is 15.7. The van der Waals surface area contributed by atoms with Gasteiger partial charge in [0.15, 0.2) is 6.29 Å². The van der Waals surface area contributed by atoms with Crippen LogP contribution in [-0.4, -0.2) is 21.1 Å². The van der Waals surface area contributed by atoms with Crippen molar-refractivity contribution in [2.45, 2.75) is 0 Å². The minimum absolute atomic E-state index is 0.0619. The van der Waals surface area contributed by atoms with E-state index in [-0.39, 0.29) is 17.2 Å². The SMILES string of the molecule is O=Cc1ccc2cc([N+](=O)[O-])cc([N+](=O)[O-])c2c1[N+](=O)[O-]. The molecule has 0 aromatic heterocycles. The highest BCUT2D eigenvalue weighted by Crippen LogP contribution is 2.38. The number of nitro groups is 3. The van der Waals surface area contributed by atoms with Crippen LogP contribution in [0.3, 0.4) is 0 Å². The monoisotopic (exact) mass is 291 g/mol. The van der Waals surface area contributed by atoms with Crippen molar-refractivity contribution in [3.63, 3.8) is 0 Å². The van der Waals surface area contributed by atoms with Gasteiger partial charge in [0.25, 0.3) is 17.1 Å². The van der Waals surface area contributed by atoms with Crippen LogP contribution in [0.25, 0.3) is 10.8 Å². The van der Waals surface area contributed by atoms with Gasteiger partial charge in [-0.15, -0.1) is 0 Å². The molecule has 2 rings (SSSR count). The summed E-state index contributed by atoms with van der Waals surface area (Å²) < 4.78 is 0. The predicted molar refractivity (Wildman–Crippen MR) is 69.3 cm³/mol. The van der Waals surface area contributed by atoms with Crippen LogP contribution in [0.1, 0.15) is 10.4 Å². The first-order chi connectivity index (χ1) is 9.86. The molecule has 0 heterocycles. The van der Waals surface area contributed by atoms with Crippen molar-refractivity contribution in [1.29, 1.82) is 0 Å². The Morgan fingerprint density at radius 1 is 0.905 bits per heavy atom. The maximum absolute atomic E-state index is 11.1. The molecule has 0 unspecified atom stereocenters. The van der Waals surface area contributed by atoms with E-state index in [1.165, 1.54) is 6.07 Å². The van der Waals surface area contributed by atoms with Crippen molar-refractivity contribution in [3.8, 4) is 0 Å². The maximum atomic E-state index is 11.1. The fraction of sp³-hybridized carbons (Fsp3) is 0. The Labute approximate surface area is 115 Å². The van der Waals surface area contributed by atoms with E-state index >= 15 is 0 Å². The number of carbonyl (C=O) groups excluding carboxylic acids is 1. The molecule has 2 aromatic rings. The lowest BCUT2D eigenvalue weighted by Crippen LogP contribution is -2.00. The summed E-state index contributed by atoms with van der Waals surface area (Å²) in [7, 11) is 0.